The van der Waals surface area contributed by atoms with Gasteiger partial charge in [0, 0.05) is 12.2 Å². The van der Waals surface area contributed by atoms with Gasteiger partial charge in [-0.2, -0.15) is 0 Å². The Kier molecular flexibility index (Phi) is 5.41. The van der Waals surface area contributed by atoms with E-state index >= 15 is 0 Å². The molecule has 0 aromatic heterocycles. The van der Waals surface area contributed by atoms with Crippen LogP contribution in [0.15, 0.2) is 18.2 Å². The largest absolute Gasteiger partial charge is 0.480 e. The fraction of sp³-hybridized carbons (Fsp3) is 0.273. The van der Waals surface area contributed by atoms with E-state index in [1.165, 1.54) is 6.07 Å². The van der Waals surface area contributed by atoms with Crippen molar-refractivity contribution in [3.63, 3.8) is 0 Å². The molecule has 0 aliphatic rings. The van der Waals surface area contributed by atoms with E-state index in [1.807, 2.05) is 0 Å². The van der Waals surface area contributed by atoms with Crippen LogP contribution in [0.25, 0.3) is 0 Å². The molecule has 0 atom stereocenters. The molecule has 0 saturated heterocycles. The zero-order valence-electron chi connectivity index (χ0n) is 9.48. The number of hydrogen-bond acceptors (Lipinski definition) is 4. The van der Waals surface area contributed by atoms with Gasteiger partial charge in [0.15, 0.2) is 0 Å². The highest BCUT2D eigenvalue weighted by atomic mass is 35.5. The number of hydrogen-bond donors (Lipinski definition) is 3. The van der Waals surface area contributed by atoms with Crippen LogP contribution < -0.4 is 11.1 Å². The molecule has 0 bridgehead atoms. The summed E-state index contributed by atoms with van der Waals surface area (Å²) in [7, 11) is 0. The zero-order valence-corrected chi connectivity index (χ0v) is 10.2. The summed E-state index contributed by atoms with van der Waals surface area (Å²) in [5.74, 6) is -1.60. The Morgan fingerprint density at radius 3 is 2.72 bits per heavy atom. The van der Waals surface area contributed by atoms with Gasteiger partial charge in [-0.05, 0) is 18.2 Å². The number of rotatable bonds is 7. The molecule has 0 fully saturated rings. The molecule has 0 aliphatic heterocycles. The van der Waals surface area contributed by atoms with Gasteiger partial charge in [0.05, 0.1) is 17.2 Å². The lowest BCUT2D eigenvalue weighted by Crippen LogP contribution is -2.14. The number of carbonyl (C=O) groups excluding carboxylic acids is 1. The summed E-state index contributed by atoms with van der Waals surface area (Å²) in [6.45, 7) is 0.351. The third kappa shape index (κ3) is 4.60. The number of carbonyl (C=O) groups is 2. The van der Waals surface area contributed by atoms with Crippen LogP contribution in [-0.2, 0) is 9.53 Å². The molecule has 0 radical (unpaired) electrons. The summed E-state index contributed by atoms with van der Waals surface area (Å²) in [6.07, 6.45) is 0. The van der Waals surface area contributed by atoms with Crippen molar-refractivity contribution in [2.24, 2.45) is 5.73 Å². The van der Waals surface area contributed by atoms with Crippen LogP contribution in [0.3, 0.4) is 0 Å². The first kappa shape index (κ1) is 14.3. The maximum absolute atomic E-state index is 10.9. The van der Waals surface area contributed by atoms with E-state index < -0.39 is 11.9 Å². The van der Waals surface area contributed by atoms with Crippen molar-refractivity contribution in [3.8, 4) is 0 Å². The summed E-state index contributed by atoms with van der Waals surface area (Å²) in [5.41, 5.74) is 6.07. The number of ether oxygens (including phenoxy) is 1. The first-order chi connectivity index (χ1) is 8.50. The lowest BCUT2D eigenvalue weighted by atomic mass is 10.2. The van der Waals surface area contributed by atoms with E-state index in [4.69, 9.17) is 27.2 Å². The molecule has 1 amide bonds. The number of nitrogens with one attached hydrogen (secondary N) is 1. The van der Waals surface area contributed by atoms with Crippen molar-refractivity contribution in [1.82, 2.24) is 0 Å². The van der Waals surface area contributed by atoms with E-state index in [0.717, 1.165) is 0 Å². The van der Waals surface area contributed by atoms with Crippen molar-refractivity contribution in [1.29, 1.82) is 0 Å². The maximum Gasteiger partial charge on any atom is 0.329 e. The number of benzene rings is 1. The first-order valence-corrected chi connectivity index (χ1v) is 5.51. The van der Waals surface area contributed by atoms with Gasteiger partial charge in [-0.1, -0.05) is 11.6 Å². The van der Waals surface area contributed by atoms with E-state index in [-0.39, 0.29) is 23.8 Å². The molecular weight excluding hydrogens is 260 g/mol. The summed E-state index contributed by atoms with van der Waals surface area (Å²) in [5, 5.41) is 11.6. The summed E-state index contributed by atoms with van der Waals surface area (Å²) >= 11 is 5.86. The first-order valence-electron chi connectivity index (χ1n) is 5.13. The third-order valence-corrected chi connectivity index (χ3v) is 2.35. The second kappa shape index (κ2) is 6.83. The lowest BCUT2D eigenvalue weighted by Gasteiger charge is -2.08. The molecule has 4 N–H and O–H groups in total. The Labute approximate surface area is 109 Å². The SMILES string of the molecule is NC(=O)c1ccc(NCCOCC(=O)O)cc1Cl. The van der Waals surface area contributed by atoms with Crippen molar-refractivity contribution in [3.05, 3.63) is 28.8 Å². The quantitative estimate of drug-likeness (QED) is 0.642. The number of primary amides is 1. The minimum absolute atomic E-state index is 0.251. The van der Waals surface area contributed by atoms with Gasteiger partial charge in [-0.3, -0.25) is 4.79 Å². The third-order valence-electron chi connectivity index (χ3n) is 2.04. The van der Waals surface area contributed by atoms with Gasteiger partial charge < -0.3 is 20.9 Å². The van der Waals surface area contributed by atoms with Gasteiger partial charge in [0.1, 0.15) is 6.61 Å². The highest BCUT2D eigenvalue weighted by Crippen LogP contribution is 2.20. The number of carboxylic acid groups (broad SMARTS) is 1. The average molecular weight is 273 g/mol. The van der Waals surface area contributed by atoms with Crippen LogP contribution in [0.1, 0.15) is 10.4 Å². The van der Waals surface area contributed by atoms with Crippen LogP contribution in [0.5, 0.6) is 0 Å². The number of carboxylic acids is 1. The Morgan fingerprint density at radius 2 is 2.17 bits per heavy atom. The Hall–Kier alpha value is -1.79. The predicted molar refractivity (Wildman–Crippen MR) is 66.9 cm³/mol. The lowest BCUT2D eigenvalue weighted by molar-refractivity contribution is -0.142. The fourth-order valence-electron chi connectivity index (χ4n) is 1.25. The molecule has 1 aromatic carbocycles. The number of aliphatic carboxylic acids is 1. The highest BCUT2D eigenvalue weighted by molar-refractivity contribution is 6.34. The normalized spacial score (nSPS) is 10.1. The molecule has 0 heterocycles. The topological polar surface area (TPSA) is 102 Å². The van der Waals surface area contributed by atoms with Gasteiger partial charge in [-0.15, -0.1) is 0 Å². The van der Waals surface area contributed by atoms with Gasteiger partial charge in [-0.25, -0.2) is 4.79 Å². The molecule has 0 aliphatic carbocycles. The molecule has 18 heavy (non-hydrogen) atoms. The maximum atomic E-state index is 10.9. The van der Waals surface area contributed by atoms with E-state index in [2.05, 4.69) is 5.32 Å². The zero-order chi connectivity index (χ0) is 13.5. The minimum atomic E-state index is -1.01. The second-order valence-electron chi connectivity index (χ2n) is 3.43. The van der Waals surface area contributed by atoms with Crippen molar-refractivity contribution >= 4 is 29.2 Å². The van der Waals surface area contributed by atoms with Gasteiger partial charge >= 0.3 is 5.97 Å². The molecule has 1 rings (SSSR count). The molecular formula is C11H13ClN2O4. The summed E-state index contributed by atoms with van der Waals surface area (Å²) in [6, 6.07) is 4.74. The van der Waals surface area contributed by atoms with Crippen LogP contribution >= 0.6 is 11.6 Å². The fourth-order valence-corrected chi connectivity index (χ4v) is 1.53. The van der Waals surface area contributed by atoms with Gasteiger partial charge in [0.25, 0.3) is 0 Å². The van der Waals surface area contributed by atoms with Crippen LogP contribution in [0, 0.1) is 0 Å². The minimum Gasteiger partial charge on any atom is -0.480 e. The molecule has 6 nitrogen and oxygen atoms in total. The van der Waals surface area contributed by atoms with E-state index in [9.17, 15) is 9.59 Å². The Balaban J connectivity index is 2.42. The summed E-state index contributed by atoms with van der Waals surface area (Å²) in [4.78, 5) is 21.1. The van der Waals surface area contributed by atoms with E-state index in [1.54, 1.807) is 12.1 Å². The monoisotopic (exact) mass is 272 g/mol. The molecule has 0 saturated carbocycles. The Bertz CT molecular complexity index is 451. The molecule has 7 heteroatoms. The summed E-state index contributed by atoms with van der Waals surface area (Å²) < 4.78 is 4.84. The number of halogens is 1. The average Bonchev–Trinajstić information content (AvgIpc) is 2.27. The standard InChI is InChI=1S/C11H13ClN2O4/c12-9-5-7(1-2-8(9)11(13)17)14-3-4-18-6-10(15)16/h1-2,5,14H,3-4,6H2,(H2,13,17)(H,15,16). The van der Waals surface area contributed by atoms with Crippen molar-refractivity contribution in [2.45, 2.75) is 0 Å². The van der Waals surface area contributed by atoms with Crippen LogP contribution in [-0.4, -0.2) is 36.7 Å². The molecule has 98 valence electrons. The molecule has 0 unspecified atom stereocenters. The highest BCUT2D eigenvalue weighted by Gasteiger charge is 2.06. The number of amides is 1. The number of nitrogens with two attached hydrogens (primary N) is 1. The van der Waals surface area contributed by atoms with Crippen LogP contribution in [0.2, 0.25) is 5.02 Å². The van der Waals surface area contributed by atoms with E-state index in [0.29, 0.717) is 12.2 Å². The Morgan fingerprint density at radius 1 is 1.44 bits per heavy atom. The predicted octanol–water partition coefficient (Wildman–Crippen LogP) is 0.952. The second-order valence-corrected chi connectivity index (χ2v) is 3.84. The van der Waals surface area contributed by atoms with Crippen LogP contribution in [0.4, 0.5) is 5.69 Å². The van der Waals surface area contributed by atoms with Gasteiger partial charge in [0.2, 0.25) is 5.91 Å². The molecule has 0 spiro atoms. The smallest absolute Gasteiger partial charge is 0.329 e. The number of anilines is 1. The van der Waals surface area contributed by atoms with Crippen molar-refractivity contribution in [2.75, 3.05) is 25.1 Å². The molecule has 1 aromatic rings. The van der Waals surface area contributed by atoms with Crippen molar-refractivity contribution < 1.29 is 19.4 Å².